The predicted octanol–water partition coefficient (Wildman–Crippen LogP) is 1.97. The van der Waals surface area contributed by atoms with E-state index < -0.39 is 0 Å². The largest absolute Gasteiger partial charge is 0.497 e. The molecule has 140 valence electrons. The first-order chi connectivity index (χ1) is 12.6. The third kappa shape index (κ3) is 4.08. The zero-order chi connectivity index (χ0) is 18.5. The minimum Gasteiger partial charge on any atom is -0.497 e. The van der Waals surface area contributed by atoms with Gasteiger partial charge in [0.1, 0.15) is 11.4 Å². The molecule has 0 spiro atoms. The van der Waals surface area contributed by atoms with Gasteiger partial charge in [0.05, 0.1) is 13.7 Å². The van der Waals surface area contributed by atoms with Crippen LogP contribution in [0.3, 0.4) is 0 Å². The SMILES string of the molecule is COCCNC(=O)c1cc2c(n1C)CCN(Cc1cccc(OC)c1)C2. The Labute approximate surface area is 154 Å². The van der Waals surface area contributed by atoms with Crippen molar-refractivity contribution < 1.29 is 14.3 Å². The van der Waals surface area contributed by atoms with Crippen LogP contribution in [0.25, 0.3) is 0 Å². The number of carbonyl (C=O) groups excluding carboxylic acids is 1. The van der Waals surface area contributed by atoms with E-state index in [4.69, 9.17) is 9.47 Å². The molecule has 0 fully saturated rings. The molecule has 1 aromatic carbocycles. The molecular weight excluding hydrogens is 330 g/mol. The van der Waals surface area contributed by atoms with Crippen molar-refractivity contribution in [3.8, 4) is 5.75 Å². The molecule has 1 aromatic heterocycles. The second-order valence-electron chi connectivity index (χ2n) is 6.62. The van der Waals surface area contributed by atoms with E-state index >= 15 is 0 Å². The zero-order valence-corrected chi connectivity index (χ0v) is 15.7. The molecule has 2 aromatic rings. The van der Waals surface area contributed by atoms with Crippen molar-refractivity contribution >= 4 is 5.91 Å². The van der Waals surface area contributed by atoms with Gasteiger partial charge in [0, 0.05) is 52.5 Å². The van der Waals surface area contributed by atoms with Gasteiger partial charge in [-0.3, -0.25) is 9.69 Å². The molecule has 1 aliphatic heterocycles. The monoisotopic (exact) mass is 357 g/mol. The maximum absolute atomic E-state index is 12.4. The average Bonchev–Trinajstić information content (AvgIpc) is 2.98. The highest BCUT2D eigenvalue weighted by atomic mass is 16.5. The van der Waals surface area contributed by atoms with E-state index in [0.717, 1.165) is 31.8 Å². The molecule has 0 saturated heterocycles. The smallest absolute Gasteiger partial charge is 0.267 e. The van der Waals surface area contributed by atoms with Gasteiger partial charge in [0.25, 0.3) is 5.91 Å². The molecule has 1 N–H and O–H groups in total. The predicted molar refractivity (Wildman–Crippen MR) is 100 cm³/mol. The van der Waals surface area contributed by atoms with Crippen LogP contribution in [0.2, 0.25) is 0 Å². The molecule has 0 saturated carbocycles. The Morgan fingerprint density at radius 2 is 2.12 bits per heavy atom. The minimum absolute atomic E-state index is 0.0432. The van der Waals surface area contributed by atoms with Gasteiger partial charge in [0.15, 0.2) is 0 Å². The molecule has 3 rings (SSSR count). The Morgan fingerprint density at radius 1 is 1.27 bits per heavy atom. The zero-order valence-electron chi connectivity index (χ0n) is 15.7. The minimum atomic E-state index is -0.0432. The Balaban J connectivity index is 1.68. The summed E-state index contributed by atoms with van der Waals surface area (Å²) in [4.78, 5) is 14.8. The molecule has 0 bridgehead atoms. The van der Waals surface area contributed by atoms with E-state index in [2.05, 4.69) is 22.3 Å². The van der Waals surface area contributed by atoms with E-state index in [9.17, 15) is 4.79 Å². The summed E-state index contributed by atoms with van der Waals surface area (Å²) in [5, 5.41) is 2.90. The Morgan fingerprint density at radius 3 is 2.88 bits per heavy atom. The Bertz CT molecular complexity index is 770. The van der Waals surface area contributed by atoms with Gasteiger partial charge in [-0.1, -0.05) is 12.1 Å². The molecular formula is C20H27N3O3. The van der Waals surface area contributed by atoms with Crippen molar-refractivity contribution in [2.45, 2.75) is 19.5 Å². The van der Waals surface area contributed by atoms with Crippen LogP contribution in [0, 0.1) is 0 Å². The summed E-state index contributed by atoms with van der Waals surface area (Å²) in [7, 11) is 5.29. The number of hydrogen-bond acceptors (Lipinski definition) is 4. The van der Waals surface area contributed by atoms with E-state index in [1.165, 1.54) is 16.8 Å². The maximum atomic E-state index is 12.4. The number of fused-ring (bicyclic) bond motifs is 1. The van der Waals surface area contributed by atoms with Crippen molar-refractivity contribution in [3.05, 3.63) is 52.8 Å². The summed E-state index contributed by atoms with van der Waals surface area (Å²) >= 11 is 0. The number of ether oxygens (including phenoxy) is 2. The Kier molecular flexibility index (Phi) is 5.96. The van der Waals surface area contributed by atoms with E-state index in [0.29, 0.717) is 18.8 Å². The molecule has 6 nitrogen and oxygen atoms in total. The van der Waals surface area contributed by atoms with Crippen molar-refractivity contribution in [1.82, 2.24) is 14.8 Å². The van der Waals surface area contributed by atoms with Gasteiger partial charge in [-0.15, -0.1) is 0 Å². The summed E-state index contributed by atoms with van der Waals surface area (Å²) in [5.41, 5.74) is 4.44. The van der Waals surface area contributed by atoms with E-state index in [1.807, 2.05) is 29.8 Å². The fraction of sp³-hybridized carbons (Fsp3) is 0.450. The molecule has 6 heteroatoms. The van der Waals surface area contributed by atoms with Gasteiger partial charge >= 0.3 is 0 Å². The van der Waals surface area contributed by atoms with Crippen LogP contribution in [0.1, 0.15) is 27.3 Å². The molecule has 0 radical (unpaired) electrons. The lowest BCUT2D eigenvalue weighted by Gasteiger charge is -2.27. The number of aromatic nitrogens is 1. The highest BCUT2D eigenvalue weighted by Gasteiger charge is 2.23. The molecule has 0 aliphatic carbocycles. The lowest BCUT2D eigenvalue weighted by atomic mass is 10.1. The number of amides is 1. The van der Waals surface area contributed by atoms with Gasteiger partial charge in [0.2, 0.25) is 0 Å². The quantitative estimate of drug-likeness (QED) is 0.770. The maximum Gasteiger partial charge on any atom is 0.267 e. The average molecular weight is 357 g/mol. The molecule has 0 atom stereocenters. The van der Waals surface area contributed by atoms with Crippen molar-refractivity contribution in [2.24, 2.45) is 7.05 Å². The fourth-order valence-electron chi connectivity index (χ4n) is 3.49. The van der Waals surface area contributed by atoms with Crippen LogP contribution < -0.4 is 10.1 Å². The van der Waals surface area contributed by atoms with Crippen molar-refractivity contribution in [1.29, 1.82) is 0 Å². The fourth-order valence-corrected chi connectivity index (χ4v) is 3.49. The second kappa shape index (κ2) is 8.38. The summed E-state index contributed by atoms with van der Waals surface area (Å²) in [6, 6.07) is 10.2. The number of nitrogens with zero attached hydrogens (tertiary/aromatic N) is 2. The van der Waals surface area contributed by atoms with Gasteiger partial charge in [-0.05, 0) is 29.3 Å². The highest BCUT2D eigenvalue weighted by molar-refractivity contribution is 5.93. The van der Waals surface area contributed by atoms with Crippen LogP contribution in [0.15, 0.2) is 30.3 Å². The first-order valence-electron chi connectivity index (χ1n) is 8.92. The van der Waals surface area contributed by atoms with E-state index in [-0.39, 0.29) is 5.91 Å². The highest BCUT2D eigenvalue weighted by Crippen LogP contribution is 2.24. The van der Waals surface area contributed by atoms with Crippen LogP contribution in [-0.4, -0.2) is 49.3 Å². The summed E-state index contributed by atoms with van der Waals surface area (Å²) in [6.45, 7) is 3.75. The summed E-state index contributed by atoms with van der Waals surface area (Å²) in [5.74, 6) is 0.841. The molecule has 0 unspecified atom stereocenters. The third-order valence-corrected chi connectivity index (χ3v) is 4.87. The summed E-state index contributed by atoms with van der Waals surface area (Å²) in [6.07, 6.45) is 0.946. The second-order valence-corrected chi connectivity index (χ2v) is 6.62. The number of methoxy groups -OCH3 is 2. The van der Waals surface area contributed by atoms with Gasteiger partial charge in [-0.2, -0.15) is 0 Å². The van der Waals surface area contributed by atoms with Crippen molar-refractivity contribution in [3.63, 3.8) is 0 Å². The van der Waals surface area contributed by atoms with Crippen LogP contribution >= 0.6 is 0 Å². The van der Waals surface area contributed by atoms with Gasteiger partial charge < -0.3 is 19.4 Å². The van der Waals surface area contributed by atoms with Crippen LogP contribution in [-0.2, 0) is 31.3 Å². The first kappa shape index (κ1) is 18.5. The summed E-state index contributed by atoms with van der Waals surface area (Å²) < 4.78 is 12.3. The number of benzene rings is 1. The molecule has 2 heterocycles. The molecule has 26 heavy (non-hydrogen) atoms. The normalized spacial score (nSPS) is 14.1. The standard InChI is InChI=1S/C20H27N3O3/c1-22-18-7-9-23(13-15-5-4-6-17(11-15)26-3)14-16(18)12-19(22)20(24)21-8-10-25-2/h4-6,11-12H,7-10,13-14H2,1-3H3,(H,21,24). The molecule has 1 aliphatic rings. The number of nitrogens with one attached hydrogen (secondary N) is 1. The third-order valence-electron chi connectivity index (χ3n) is 4.87. The van der Waals surface area contributed by atoms with Crippen molar-refractivity contribution in [2.75, 3.05) is 33.9 Å². The van der Waals surface area contributed by atoms with Crippen LogP contribution in [0.4, 0.5) is 0 Å². The first-order valence-corrected chi connectivity index (χ1v) is 8.92. The lowest BCUT2D eigenvalue weighted by molar-refractivity contribution is 0.0928. The topological polar surface area (TPSA) is 55.7 Å². The van der Waals surface area contributed by atoms with E-state index in [1.54, 1.807) is 14.2 Å². The number of carbonyl (C=O) groups is 1. The lowest BCUT2D eigenvalue weighted by Crippen LogP contribution is -2.31. The van der Waals surface area contributed by atoms with Gasteiger partial charge in [-0.25, -0.2) is 0 Å². The molecule has 1 amide bonds. The van der Waals surface area contributed by atoms with Crippen LogP contribution in [0.5, 0.6) is 5.75 Å². The number of hydrogen-bond donors (Lipinski definition) is 1. The Hall–Kier alpha value is -2.31. The number of rotatable bonds is 7.